The molecule has 0 fully saturated rings. The fourth-order valence-corrected chi connectivity index (χ4v) is 2.64. The van der Waals surface area contributed by atoms with E-state index in [1.807, 2.05) is 25.1 Å². The lowest BCUT2D eigenvalue weighted by Gasteiger charge is -2.12. The van der Waals surface area contributed by atoms with Gasteiger partial charge in [-0.3, -0.25) is 4.98 Å². The fourth-order valence-electron chi connectivity index (χ4n) is 2.64. The van der Waals surface area contributed by atoms with Gasteiger partial charge in [0.05, 0.1) is 12.1 Å². The second-order valence-corrected chi connectivity index (χ2v) is 5.67. The third-order valence-electron chi connectivity index (χ3n) is 3.82. The molecular formula is C20H21FN4. The molecule has 0 spiro atoms. The Balaban J connectivity index is 1.72. The second kappa shape index (κ2) is 8.24. The lowest BCUT2D eigenvalue weighted by Crippen LogP contribution is -2.36. The third-order valence-corrected chi connectivity index (χ3v) is 3.82. The summed E-state index contributed by atoms with van der Waals surface area (Å²) in [5, 5.41) is 7.64. The number of aromatic nitrogens is 1. The topological polar surface area (TPSA) is 49.3 Å². The Bertz CT molecular complexity index is 871. The number of aliphatic imine (C=N–C) groups is 1. The Morgan fingerprint density at radius 1 is 1.08 bits per heavy atom. The third kappa shape index (κ3) is 4.53. The van der Waals surface area contributed by atoms with E-state index in [0.29, 0.717) is 19.0 Å². The number of rotatable bonds is 5. The Labute approximate surface area is 146 Å². The second-order valence-electron chi connectivity index (χ2n) is 5.67. The molecule has 1 heterocycles. The highest BCUT2D eigenvalue weighted by Crippen LogP contribution is 2.15. The molecule has 0 aliphatic heterocycles. The summed E-state index contributed by atoms with van der Waals surface area (Å²) in [4.78, 5) is 8.99. The van der Waals surface area contributed by atoms with Gasteiger partial charge in [-0.2, -0.15) is 0 Å². The summed E-state index contributed by atoms with van der Waals surface area (Å²) < 4.78 is 13.3. The SMILES string of the molecule is CCNC(=NCc1cccc(F)c1)NCc1cccc2cccnc12. The van der Waals surface area contributed by atoms with E-state index in [9.17, 15) is 4.39 Å². The van der Waals surface area contributed by atoms with Crippen LogP contribution >= 0.6 is 0 Å². The van der Waals surface area contributed by atoms with Crippen LogP contribution in [0.3, 0.4) is 0 Å². The van der Waals surface area contributed by atoms with E-state index in [2.05, 4.69) is 38.8 Å². The minimum absolute atomic E-state index is 0.243. The number of guanidine groups is 1. The molecular weight excluding hydrogens is 315 g/mol. The molecule has 1 aromatic heterocycles. The van der Waals surface area contributed by atoms with Gasteiger partial charge in [-0.1, -0.05) is 36.4 Å². The van der Waals surface area contributed by atoms with E-state index in [0.717, 1.165) is 28.6 Å². The first-order valence-electron chi connectivity index (χ1n) is 8.35. The average molecular weight is 336 g/mol. The first-order chi connectivity index (χ1) is 12.3. The van der Waals surface area contributed by atoms with Crippen molar-refractivity contribution in [1.82, 2.24) is 15.6 Å². The average Bonchev–Trinajstić information content (AvgIpc) is 2.64. The molecule has 2 N–H and O–H groups in total. The molecule has 0 saturated heterocycles. The van der Waals surface area contributed by atoms with Gasteiger partial charge >= 0.3 is 0 Å². The summed E-state index contributed by atoms with van der Waals surface area (Å²) in [6.07, 6.45) is 1.80. The van der Waals surface area contributed by atoms with Crippen LogP contribution < -0.4 is 10.6 Å². The zero-order valence-electron chi connectivity index (χ0n) is 14.2. The Morgan fingerprint density at radius 2 is 1.92 bits per heavy atom. The number of fused-ring (bicyclic) bond motifs is 1. The van der Waals surface area contributed by atoms with E-state index in [1.54, 1.807) is 12.3 Å². The molecule has 0 saturated carbocycles. The highest BCUT2D eigenvalue weighted by molar-refractivity contribution is 5.83. The maximum Gasteiger partial charge on any atom is 0.191 e. The largest absolute Gasteiger partial charge is 0.357 e. The van der Waals surface area contributed by atoms with E-state index in [-0.39, 0.29) is 5.82 Å². The maximum absolute atomic E-state index is 13.3. The first-order valence-corrected chi connectivity index (χ1v) is 8.35. The number of nitrogens with one attached hydrogen (secondary N) is 2. The molecule has 0 aliphatic carbocycles. The quantitative estimate of drug-likeness (QED) is 0.552. The predicted octanol–water partition coefficient (Wildman–Crippen LogP) is 3.63. The van der Waals surface area contributed by atoms with E-state index in [1.165, 1.54) is 12.1 Å². The standard InChI is InChI=1S/C20H21FN4/c1-2-22-20(24-13-15-6-3-10-18(21)12-15)25-14-17-8-4-7-16-9-5-11-23-19(16)17/h3-12H,2,13-14H2,1H3,(H2,22,24,25). The van der Waals surface area contributed by atoms with Crippen LogP contribution in [0.2, 0.25) is 0 Å². The van der Waals surface area contributed by atoms with Gasteiger partial charge in [-0.25, -0.2) is 9.38 Å². The lowest BCUT2D eigenvalue weighted by atomic mass is 10.1. The van der Waals surface area contributed by atoms with Crippen molar-refractivity contribution < 1.29 is 4.39 Å². The molecule has 0 unspecified atom stereocenters. The molecule has 2 aromatic carbocycles. The van der Waals surface area contributed by atoms with Crippen LogP contribution in [-0.2, 0) is 13.1 Å². The van der Waals surface area contributed by atoms with E-state index < -0.39 is 0 Å². The fraction of sp³-hybridized carbons (Fsp3) is 0.200. The van der Waals surface area contributed by atoms with Crippen LogP contribution in [0.5, 0.6) is 0 Å². The van der Waals surface area contributed by atoms with Crippen molar-refractivity contribution in [1.29, 1.82) is 0 Å². The van der Waals surface area contributed by atoms with Crippen LogP contribution in [0.1, 0.15) is 18.1 Å². The number of hydrogen-bond acceptors (Lipinski definition) is 2. The molecule has 3 aromatic rings. The molecule has 0 bridgehead atoms. The zero-order valence-corrected chi connectivity index (χ0v) is 14.2. The lowest BCUT2D eigenvalue weighted by molar-refractivity contribution is 0.625. The van der Waals surface area contributed by atoms with Gasteiger partial charge < -0.3 is 10.6 Å². The molecule has 25 heavy (non-hydrogen) atoms. The molecule has 5 heteroatoms. The smallest absolute Gasteiger partial charge is 0.191 e. The summed E-state index contributed by atoms with van der Waals surface area (Å²) in [7, 11) is 0. The van der Waals surface area contributed by atoms with Crippen molar-refractivity contribution in [3.05, 3.63) is 77.7 Å². The van der Waals surface area contributed by atoms with E-state index in [4.69, 9.17) is 0 Å². The van der Waals surface area contributed by atoms with Crippen molar-refractivity contribution in [3.63, 3.8) is 0 Å². The first kappa shape index (κ1) is 16.9. The number of hydrogen-bond donors (Lipinski definition) is 2. The molecule has 4 nitrogen and oxygen atoms in total. The number of nitrogens with zero attached hydrogens (tertiary/aromatic N) is 2. The van der Waals surface area contributed by atoms with Crippen LogP contribution in [0.25, 0.3) is 10.9 Å². The summed E-state index contributed by atoms with van der Waals surface area (Å²) >= 11 is 0. The molecule has 128 valence electrons. The minimum atomic E-state index is -0.243. The van der Waals surface area contributed by atoms with Crippen molar-refractivity contribution in [2.24, 2.45) is 4.99 Å². The van der Waals surface area contributed by atoms with Gasteiger partial charge in [0.15, 0.2) is 5.96 Å². The normalized spacial score (nSPS) is 11.5. The monoisotopic (exact) mass is 336 g/mol. The number of halogens is 1. The van der Waals surface area contributed by atoms with Crippen molar-refractivity contribution in [2.75, 3.05) is 6.54 Å². The molecule has 0 amide bonds. The van der Waals surface area contributed by atoms with Gasteiger partial charge in [0.1, 0.15) is 5.82 Å². The molecule has 0 aliphatic rings. The summed E-state index contributed by atoms with van der Waals surface area (Å²) in [6, 6.07) is 16.6. The van der Waals surface area contributed by atoms with Crippen LogP contribution in [0.4, 0.5) is 4.39 Å². The van der Waals surface area contributed by atoms with Crippen LogP contribution in [0.15, 0.2) is 65.8 Å². The van der Waals surface area contributed by atoms with E-state index >= 15 is 0 Å². The summed E-state index contributed by atoms with van der Waals surface area (Å²) in [6.45, 7) is 3.80. The number of benzene rings is 2. The van der Waals surface area contributed by atoms with Gasteiger partial charge in [0.25, 0.3) is 0 Å². The predicted molar refractivity (Wildman–Crippen MR) is 99.8 cm³/mol. The minimum Gasteiger partial charge on any atom is -0.357 e. The molecule has 3 rings (SSSR count). The van der Waals surface area contributed by atoms with Gasteiger partial charge in [-0.15, -0.1) is 0 Å². The summed E-state index contributed by atoms with van der Waals surface area (Å²) in [5.41, 5.74) is 2.93. The molecule has 0 atom stereocenters. The number of para-hydroxylation sites is 1. The Hall–Kier alpha value is -2.95. The Morgan fingerprint density at radius 3 is 2.76 bits per heavy atom. The van der Waals surface area contributed by atoms with Gasteiger partial charge in [-0.05, 0) is 36.2 Å². The maximum atomic E-state index is 13.3. The van der Waals surface area contributed by atoms with Crippen LogP contribution in [0, 0.1) is 5.82 Å². The highest BCUT2D eigenvalue weighted by atomic mass is 19.1. The van der Waals surface area contributed by atoms with Crippen LogP contribution in [-0.4, -0.2) is 17.5 Å². The van der Waals surface area contributed by atoms with Crippen molar-refractivity contribution >= 4 is 16.9 Å². The summed E-state index contributed by atoms with van der Waals surface area (Å²) in [5.74, 6) is 0.451. The van der Waals surface area contributed by atoms with Gasteiger partial charge in [0, 0.05) is 24.7 Å². The van der Waals surface area contributed by atoms with Gasteiger partial charge in [0.2, 0.25) is 0 Å². The number of pyridine rings is 1. The Kier molecular flexibility index (Phi) is 5.57. The van der Waals surface area contributed by atoms with Crippen molar-refractivity contribution in [3.8, 4) is 0 Å². The van der Waals surface area contributed by atoms with Crippen molar-refractivity contribution in [2.45, 2.75) is 20.0 Å². The molecule has 0 radical (unpaired) electrons. The highest BCUT2D eigenvalue weighted by Gasteiger charge is 2.03. The zero-order chi connectivity index (χ0) is 17.5.